The van der Waals surface area contributed by atoms with Crippen LogP contribution in [0.3, 0.4) is 0 Å². The molecule has 118 valence electrons. The monoisotopic (exact) mass is 326 g/mol. The van der Waals surface area contributed by atoms with E-state index in [0.29, 0.717) is 12.2 Å². The molecule has 0 fully saturated rings. The summed E-state index contributed by atoms with van der Waals surface area (Å²) < 4.78 is 6.26. The van der Waals surface area contributed by atoms with Crippen molar-refractivity contribution in [1.82, 2.24) is 4.98 Å². The number of anilines is 1. The molecule has 1 aromatic carbocycles. The van der Waals surface area contributed by atoms with E-state index in [0.717, 1.165) is 18.8 Å². The van der Waals surface area contributed by atoms with Gasteiger partial charge in [-0.1, -0.05) is 18.2 Å². The van der Waals surface area contributed by atoms with Gasteiger partial charge in [-0.3, -0.25) is 0 Å². The average Bonchev–Trinajstić information content (AvgIpc) is 2.99. The van der Waals surface area contributed by atoms with Crippen LogP contribution in [0.15, 0.2) is 48.0 Å². The van der Waals surface area contributed by atoms with Crippen LogP contribution in [0.25, 0.3) is 10.1 Å². The number of aromatic nitrogens is 1. The lowest BCUT2D eigenvalue weighted by molar-refractivity contribution is 0.0526. The molecule has 0 atom stereocenters. The van der Waals surface area contributed by atoms with Gasteiger partial charge in [0.15, 0.2) is 0 Å². The van der Waals surface area contributed by atoms with Gasteiger partial charge in [-0.05, 0) is 47.9 Å². The number of nitrogens with one attached hydrogen (secondary N) is 1. The summed E-state index contributed by atoms with van der Waals surface area (Å²) in [7, 11) is 0. The first-order chi connectivity index (χ1) is 11.3. The summed E-state index contributed by atoms with van der Waals surface area (Å²) in [4.78, 5) is 15.8. The topological polar surface area (TPSA) is 51.2 Å². The van der Waals surface area contributed by atoms with E-state index < -0.39 is 0 Å². The minimum atomic E-state index is -0.337. The molecule has 0 saturated carbocycles. The highest BCUT2D eigenvalue weighted by Gasteiger charge is 2.07. The average molecular weight is 326 g/mol. The predicted octanol–water partition coefficient (Wildman–Crippen LogP) is 4.13. The molecule has 0 radical (unpaired) electrons. The molecule has 1 N–H and O–H groups in total. The van der Waals surface area contributed by atoms with Gasteiger partial charge in [-0.2, -0.15) is 0 Å². The Hall–Kier alpha value is -2.40. The summed E-state index contributed by atoms with van der Waals surface area (Å²) in [6.45, 7) is 2.95. The van der Waals surface area contributed by atoms with Gasteiger partial charge in [-0.25, -0.2) is 9.78 Å². The number of rotatable bonds is 6. The number of carbonyl (C=O) groups is 1. The van der Waals surface area contributed by atoms with E-state index in [1.165, 1.54) is 15.6 Å². The highest BCUT2D eigenvalue weighted by molar-refractivity contribution is 7.17. The Morgan fingerprint density at radius 3 is 2.91 bits per heavy atom. The summed E-state index contributed by atoms with van der Waals surface area (Å²) in [6, 6.07) is 12.0. The van der Waals surface area contributed by atoms with Crippen molar-refractivity contribution in [3.63, 3.8) is 0 Å². The van der Waals surface area contributed by atoms with Crippen molar-refractivity contribution in [2.24, 2.45) is 0 Å². The van der Waals surface area contributed by atoms with Gasteiger partial charge in [0.25, 0.3) is 0 Å². The third-order valence-electron chi connectivity index (χ3n) is 3.54. The molecule has 2 aromatic heterocycles. The second-order valence-electron chi connectivity index (χ2n) is 5.09. The fourth-order valence-corrected chi connectivity index (χ4v) is 3.38. The molecule has 0 bridgehead atoms. The van der Waals surface area contributed by atoms with Gasteiger partial charge >= 0.3 is 5.97 Å². The number of carbonyl (C=O) groups excluding carboxylic acids is 1. The number of fused-ring (bicyclic) bond motifs is 1. The third kappa shape index (κ3) is 3.68. The number of thiophene rings is 1. The highest BCUT2D eigenvalue weighted by atomic mass is 32.1. The Morgan fingerprint density at radius 1 is 1.26 bits per heavy atom. The maximum Gasteiger partial charge on any atom is 0.339 e. The van der Waals surface area contributed by atoms with E-state index in [9.17, 15) is 4.79 Å². The van der Waals surface area contributed by atoms with E-state index in [1.807, 2.05) is 0 Å². The number of benzene rings is 1. The molecule has 2 heterocycles. The van der Waals surface area contributed by atoms with Crippen LogP contribution < -0.4 is 5.32 Å². The molecule has 3 aromatic rings. The summed E-state index contributed by atoms with van der Waals surface area (Å²) >= 11 is 1.78. The normalized spacial score (nSPS) is 10.7. The molecular weight excluding hydrogens is 308 g/mol. The van der Waals surface area contributed by atoms with Crippen molar-refractivity contribution in [3.8, 4) is 0 Å². The molecule has 3 rings (SSSR count). The van der Waals surface area contributed by atoms with Crippen molar-refractivity contribution in [3.05, 3.63) is 59.1 Å². The highest BCUT2D eigenvalue weighted by Crippen LogP contribution is 2.25. The van der Waals surface area contributed by atoms with Gasteiger partial charge in [-0.15, -0.1) is 11.3 Å². The minimum absolute atomic E-state index is 0.337. The standard InChI is InChI=1S/C18H18N2O2S/c1-2-22-18(21)13-7-8-17(20-11-13)19-10-9-14-12-23-16-6-4-3-5-15(14)16/h3-8,11-12H,2,9-10H2,1H3,(H,19,20). The predicted molar refractivity (Wildman–Crippen MR) is 94.2 cm³/mol. The van der Waals surface area contributed by atoms with Gasteiger partial charge < -0.3 is 10.1 Å². The van der Waals surface area contributed by atoms with E-state index in [4.69, 9.17) is 4.74 Å². The van der Waals surface area contributed by atoms with Gasteiger partial charge in [0, 0.05) is 17.4 Å². The van der Waals surface area contributed by atoms with Crippen molar-refractivity contribution in [1.29, 1.82) is 0 Å². The number of hydrogen-bond acceptors (Lipinski definition) is 5. The number of pyridine rings is 1. The molecule has 4 nitrogen and oxygen atoms in total. The maximum absolute atomic E-state index is 11.6. The zero-order valence-corrected chi connectivity index (χ0v) is 13.7. The van der Waals surface area contributed by atoms with Crippen LogP contribution >= 0.6 is 11.3 Å². The molecule has 0 aliphatic rings. The summed E-state index contributed by atoms with van der Waals surface area (Å²) in [5.74, 6) is 0.425. The van der Waals surface area contributed by atoms with E-state index in [-0.39, 0.29) is 5.97 Å². The lowest BCUT2D eigenvalue weighted by atomic mass is 10.1. The van der Waals surface area contributed by atoms with E-state index >= 15 is 0 Å². The van der Waals surface area contributed by atoms with Crippen LogP contribution in [0, 0.1) is 0 Å². The van der Waals surface area contributed by atoms with E-state index in [2.05, 4.69) is 39.9 Å². The third-order valence-corrected chi connectivity index (χ3v) is 4.55. The van der Waals surface area contributed by atoms with Crippen LogP contribution in [0.5, 0.6) is 0 Å². The zero-order valence-electron chi connectivity index (χ0n) is 12.9. The fraction of sp³-hybridized carbons (Fsp3) is 0.222. The van der Waals surface area contributed by atoms with Crippen molar-refractivity contribution in [2.45, 2.75) is 13.3 Å². The smallest absolute Gasteiger partial charge is 0.339 e. The molecular formula is C18H18N2O2S. The number of ether oxygens (including phenoxy) is 1. The second kappa shape index (κ2) is 7.24. The van der Waals surface area contributed by atoms with Crippen LogP contribution in [-0.2, 0) is 11.2 Å². The quantitative estimate of drug-likeness (QED) is 0.692. The van der Waals surface area contributed by atoms with Gasteiger partial charge in [0.1, 0.15) is 5.82 Å². The molecule has 0 aliphatic heterocycles. The van der Waals surface area contributed by atoms with Crippen molar-refractivity contribution >= 4 is 33.2 Å². The Labute approximate surface area is 139 Å². The van der Waals surface area contributed by atoms with Gasteiger partial charge in [0.05, 0.1) is 12.2 Å². The first-order valence-electron chi connectivity index (χ1n) is 7.60. The largest absolute Gasteiger partial charge is 0.462 e. The number of hydrogen-bond donors (Lipinski definition) is 1. The molecule has 0 saturated heterocycles. The Balaban J connectivity index is 1.57. The maximum atomic E-state index is 11.6. The van der Waals surface area contributed by atoms with Crippen molar-refractivity contribution in [2.75, 3.05) is 18.5 Å². The lowest BCUT2D eigenvalue weighted by Crippen LogP contribution is -2.08. The SMILES string of the molecule is CCOC(=O)c1ccc(NCCc2csc3ccccc23)nc1. The fourth-order valence-electron chi connectivity index (χ4n) is 2.39. The number of nitrogens with zero attached hydrogens (tertiary/aromatic N) is 1. The molecule has 0 unspecified atom stereocenters. The number of esters is 1. The van der Waals surface area contributed by atoms with Crippen LogP contribution in [0.4, 0.5) is 5.82 Å². The van der Waals surface area contributed by atoms with Crippen molar-refractivity contribution < 1.29 is 9.53 Å². The van der Waals surface area contributed by atoms with Crippen LogP contribution in [-0.4, -0.2) is 24.1 Å². The Morgan fingerprint density at radius 2 is 2.13 bits per heavy atom. The molecule has 0 spiro atoms. The Kier molecular flexibility index (Phi) is 4.88. The zero-order chi connectivity index (χ0) is 16.1. The lowest BCUT2D eigenvalue weighted by Gasteiger charge is -2.06. The summed E-state index contributed by atoms with van der Waals surface area (Å²) in [5, 5.41) is 6.82. The summed E-state index contributed by atoms with van der Waals surface area (Å²) in [6.07, 6.45) is 2.48. The first kappa shape index (κ1) is 15.5. The van der Waals surface area contributed by atoms with Crippen LogP contribution in [0.2, 0.25) is 0 Å². The van der Waals surface area contributed by atoms with Gasteiger partial charge in [0.2, 0.25) is 0 Å². The molecule has 0 aliphatic carbocycles. The Bertz CT molecular complexity index is 796. The molecule has 23 heavy (non-hydrogen) atoms. The first-order valence-corrected chi connectivity index (χ1v) is 8.48. The summed E-state index contributed by atoms with van der Waals surface area (Å²) in [5.41, 5.74) is 1.82. The molecule has 5 heteroatoms. The molecule has 0 amide bonds. The minimum Gasteiger partial charge on any atom is -0.462 e. The second-order valence-corrected chi connectivity index (χ2v) is 6.00. The van der Waals surface area contributed by atoms with E-state index in [1.54, 1.807) is 36.6 Å². The van der Waals surface area contributed by atoms with Crippen LogP contribution in [0.1, 0.15) is 22.8 Å².